The van der Waals surface area contributed by atoms with Gasteiger partial charge < -0.3 is 20.4 Å². The normalized spacial score (nSPS) is 21.8. The lowest BCUT2D eigenvalue weighted by Gasteiger charge is -2.41. The van der Waals surface area contributed by atoms with Crippen LogP contribution in [0.3, 0.4) is 0 Å². The smallest absolute Gasteiger partial charge is 0.266 e. The van der Waals surface area contributed by atoms with E-state index in [-0.39, 0.29) is 31.0 Å². The summed E-state index contributed by atoms with van der Waals surface area (Å²) in [6.07, 6.45) is 5.63. The van der Waals surface area contributed by atoms with Gasteiger partial charge in [-0.25, -0.2) is 13.2 Å². The SMILES string of the molecule is Cc1cccc(F)c1C(=O)N1CCCC(C(=O)Nc2cccc(N3CCC(F)(F)C3)c2)C1c1ccc(NC2CCCC2)cc1. The number of nitrogens with one attached hydrogen (secondary N) is 2. The van der Waals surface area contributed by atoms with E-state index in [0.29, 0.717) is 42.4 Å². The molecule has 2 N–H and O–H groups in total. The molecule has 6 nitrogen and oxygen atoms in total. The van der Waals surface area contributed by atoms with Crippen LogP contribution in [0.15, 0.2) is 66.7 Å². The van der Waals surface area contributed by atoms with Crippen LogP contribution in [0.5, 0.6) is 0 Å². The molecule has 3 aromatic rings. The maximum atomic E-state index is 15.0. The van der Waals surface area contributed by atoms with Gasteiger partial charge in [-0.05, 0) is 80.1 Å². The molecular formula is C35H39F3N4O2. The number of likely N-dealkylation sites (tertiary alicyclic amines) is 1. The molecule has 3 aliphatic rings. The predicted octanol–water partition coefficient (Wildman–Crippen LogP) is 7.57. The van der Waals surface area contributed by atoms with Gasteiger partial charge in [0, 0.05) is 42.6 Å². The molecule has 0 spiro atoms. The van der Waals surface area contributed by atoms with E-state index >= 15 is 4.39 Å². The van der Waals surface area contributed by atoms with Gasteiger partial charge in [-0.2, -0.15) is 0 Å². The highest BCUT2D eigenvalue weighted by Gasteiger charge is 2.41. The number of alkyl halides is 2. The molecule has 3 fully saturated rings. The summed E-state index contributed by atoms with van der Waals surface area (Å²) >= 11 is 0. The molecule has 0 aromatic heterocycles. The van der Waals surface area contributed by atoms with E-state index in [1.165, 1.54) is 18.9 Å². The minimum absolute atomic E-state index is 0.0215. The van der Waals surface area contributed by atoms with Gasteiger partial charge in [-0.3, -0.25) is 9.59 Å². The Morgan fingerprint density at radius 1 is 0.886 bits per heavy atom. The van der Waals surface area contributed by atoms with E-state index in [4.69, 9.17) is 0 Å². The number of rotatable bonds is 7. The molecule has 6 rings (SSSR count). The van der Waals surface area contributed by atoms with Crippen LogP contribution in [0.1, 0.15) is 72.5 Å². The summed E-state index contributed by atoms with van der Waals surface area (Å²) in [4.78, 5) is 31.2. The quantitative estimate of drug-likeness (QED) is 0.292. The van der Waals surface area contributed by atoms with Crippen molar-refractivity contribution >= 4 is 28.9 Å². The van der Waals surface area contributed by atoms with Gasteiger partial charge in [0.2, 0.25) is 5.91 Å². The number of aryl methyl sites for hydroxylation is 1. The van der Waals surface area contributed by atoms with E-state index in [9.17, 15) is 18.4 Å². The van der Waals surface area contributed by atoms with E-state index in [1.807, 2.05) is 24.3 Å². The molecule has 2 unspecified atom stereocenters. The molecule has 1 saturated carbocycles. The zero-order chi connectivity index (χ0) is 30.8. The van der Waals surface area contributed by atoms with Crippen molar-refractivity contribution in [2.24, 2.45) is 5.92 Å². The molecule has 9 heteroatoms. The van der Waals surface area contributed by atoms with Crippen molar-refractivity contribution in [3.63, 3.8) is 0 Å². The van der Waals surface area contributed by atoms with Crippen molar-refractivity contribution in [1.82, 2.24) is 4.90 Å². The Labute approximate surface area is 256 Å². The zero-order valence-corrected chi connectivity index (χ0v) is 25.0. The van der Waals surface area contributed by atoms with E-state index in [2.05, 4.69) is 10.6 Å². The van der Waals surface area contributed by atoms with E-state index in [0.717, 1.165) is 24.1 Å². The Bertz CT molecular complexity index is 1490. The number of hydrogen-bond acceptors (Lipinski definition) is 4. The molecule has 2 aliphatic heterocycles. The highest BCUT2D eigenvalue weighted by atomic mass is 19.3. The molecular weight excluding hydrogens is 565 g/mol. The molecule has 232 valence electrons. The minimum atomic E-state index is -2.73. The second kappa shape index (κ2) is 12.5. The van der Waals surface area contributed by atoms with Crippen molar-refractivity contribution in [3.8, 4) is 0 Å². The lowest BCUT2D eigenvalue weighted by Crippen LogP contribution is -2.46. The molecule has 44 heavy (non-hydrogen) atoms. The van der Waals surface area contributed by atoms with Gasteiger partial charge in [0.15, 0.2) is 0 Å². The van der Waals surface area contributed by atoms with Crippen molar-refractivity contribution in [3.05, 3.63) is 89.2 Å². The zero-order valence-electron chi connectivity index (χ0n) is 25.0. The number of benzene rings is 3. The van der Waals surface area contributed by atoms with Crippen LogP contribution < -0.4 is 15.5 Å². The molecule has 2 amide bonds. The summed E-state index contributed by atoms with van der Waals surface area (Å²) in [5.74, 6) is -4.62. The van der Waals surface area contributed by atoms with Gasteiger partial charge in [0.05, 0.1) is 24.1 Å². The molecule has 2 saturated heterocycles. The minimum Gasteiger partial charge on any atom is -0.382 e. The van der Waals surface area contributed by atoms with Gasteiger partial charge in [0.1, 0.15) is 5.82 Å². The maximum Gasteiger partial charge on any atom is 0.266 e. The highest BCUT2D eigenvalue weighted by Crippen LogP contribution is 2.39. The van der Waals surface area contributed by atoms with E-state index < -0.39 is 29.6 Å². The third-order valence-corrected chi connectivity index (χ3v) is 9.29. The molecule has 2 heterocycles. The van der Waals surface area contributed by atoms with Gasteiger partial charge in [0.25, 0.3) is 11.8 Å². The standard InChI is InChI=1S/C35H39F3N4O2/c1-23-7-4-13-30(36)31(23)34(44)42-19-6-12-29(32(42)24-14-16-26(17-15-24)39-25-8-2-3-9-25)33(43)40-27-10-5-11-28(21-27)41-20-18-35(37,38)22-41/h4-5,7,10-11,13-17,21,25,29,32,39H,2-3,6,8-9,12,18-20,22H2,1H3,(H,40,43). The molecule has 1 aliphatic carbocycles. The highest BCUT2D eigenvalue weighted by molar-refractivity contribution is 5.98. The number of carbonyl (C=O) groups excluding carboxylic acids is 2. The van der Waals surface area contributed by atoms with Crippen LogP contribution in [0.2, 0.25) is 0 Å². The monoisotopic (exact) mass is 604 g/mol. The Morgan fingerprint density at radius 3 is 2.34 bits per heavy atom. The summed E-state index contributed by atoms with van der Waals surface area (Å²) in [7, 11) is 0. The summed E-state index contributed by atoms with van der Waals surface area (Å²) in [6.45, 7) is 1.99. The third-order valence-electron chi connectivity index (χ3n) is 9.29. The second-order valence-corrected chi connectivity index (χ2v) is 12.4. The van der Waals surface area contributed by atoms with Gasteiger partial charge in [-0.1, -0.05) is 43.2 Å². The summed E-state index contributed by atoms with van der Waals surface area (Å²) in [5, 5.41) is 6.59. The fourth-order valence-corrected chi connectivity index (χ4v) is 7.01. The first kappa shape index (κ1) is 30.0. The number of piperidine rings is 1. The van der Waals surface area contributed by atoms with Crippen LogP contribution in [0.4, 0.5) is 30.2 Å². The van der Waals surface area contributed by atoms with Crippen molar-refractivity contribution < 1.29 is 22.8 Å². The molecule has 2 atom stereocenters. The largest absolute Gasteiger partial charge is 0.382 e. The first-order valence-electron chi connectivity index (χ1n) is 15.6. The lowest BCUT2D eigenvalue weighted by molar-refractivity contribution is -0.123. The second-order valence-electron chi connectivity index (χ2n) is 12.4. The van der Waals surface area contributed by atoms with Crippen LogP contribution in [0, 0.1) is 18.7 Å². The first-order chi connectivity index (χ1) is 21.2. The fourth-order valence-electron chi connectivity index (χ4n) is 7.01. The average molecular weight is 605 g/mol. The van der Waals surface area contributed by atoms with Crippen LogP contribution in [-0.2, 0) is 4.79 Å². The van der Waals surface area contributed by atoms with Crippen molar-refractivity contribution in [2.45, 2.75) is 69.9 Å². The van der Waals surface area contributed by atoms with Crippen LogP contribution in [0.25, 0.3) is 0 Å². The summed E-state index contributed by atoms with van der Waals surface area (Å²) in [5.41, 5.74) is 3.49. The number of hydrogen-bond donors (Lipinski definition) is 2. The van der Waals surface area contributed by atoms with Crippen molar-refractivity contribution in [1.29, 1.82) is 0 Å². The van der Waals surface area contributed by atoms with Crippen LogP contribution >= 0.6 is 0 Å². The molecule has 3 aromatic carbocycles. The Morgan fingerprint density at radius 2 is 1.64 bits per heavy atom. The number of anilines is 3. The summed E-state index contributed by atoms with van der Waals surface area (Å²) < 4.78 is 42.7. The fraction of sp³-hybridized carbons (Fsp3) is 0.429. The third kappa shape index (κ3) is 6.42. The predicted molar refractivity (Wildman–Crippen MR) is 167 cm³/mol. The number of carbonyl (C=O) groups is 2. The molecule has 0 bridgehead atoms. The van der Waals surface area contributed by atoms with Gasteiger partial charge >= 0.3 is 0 Å². The van der Waals surface area contributed by atoms with Crippen molar-refractivity contribution in [2.75, 3.05) is 35.2 Å². The van der Waals surface area contributed by atoms with Crippen LogP contribution in [-0.4, -0.2) is 48.3 Å². The topological polar surface area (TPSA) is 64.7 Å². The Hall–Kier alpha value is -4.01. The summed E-state index contributed by atoms with van der Waals surface area (Å²) in [6, 6.07) is 19.3. The Kier molecular flexibility index (Phi) is 8.56. The maximum absolute atomic E-state index is 15.0. The number of nitrogens with zero attached hydrogens (tertiary/aromatic N) is 2. The average Bonchev–Trinajstić information content (AvgIpc) is 3.66. The number of amides is 2. The first-order valence-corrected chi connectivity index (χ1v) is 15.6. The molecule has 0 radical (unpaired) electrons. The lowest BCUT2D eigenvalue weighted by atomic mass is 9.83. The van der Waals surface area contributed by atoms with E-state index in [1.54, 1.807) is 53.1 Å². The number of halogens is 3. The van der Waals surface area contributed by atoms with Gasteiger partial charge in [-0.15, -0.1) is 0 Å². The Balaban J connectivity index is 1.28.